The molecule has 1 aliphatic rings. The van der Waals surface area contributed by atoms with Gasteiger partial charge in [-0.1, -0.05) is 17.7 Å². The zero-order valence-corrected chi connectivity index (χ0v) is 19.7. The number of anilines is 2. The number of rotatable bonds is 6. The van der Waals surface area contributed by atoms with Gasteiger partial charge in [0.05, 0.1) is 33.6 Å². The van der Waals surface area contributed by atoms with Crippen LogP contribution in [0, 0.1) is 0 Å². The van der Waals surface area contributed by atoms with Crippen LogP contribution in [0.3, 0.4) is 0 Å². The molecule has 0 radical (unpaired) electrons. The molecule has 1 aromatic heterocycles. The molecule has 0 bridgehead atoms. The van der Waals surface area contributed by atoms with E-state index in [1.807, 2.05) is 0 Å². The van der Waals surface area contributed by atoms with Crippen LogP contribution in [0.2, 0.25) is 5.02 Å². The summed E-state index contributed by atoms with van der Waals surface area (Å²) in [5.41, 5.74) is 0.811. The first-order chi connectivity index (χ1) is 16.7. The number of nitrogens with zero attached hydrogens (tertiary/aromatic N) is 2. The van der Waals surface area contributed by atoms with Crippen LogP contribution in [-0.4, -0.2) is 43.2 Å². The molecule has 1 amide bonds. The van der Waals surface area contributed by atoms with Crippen molar-refractivity contribution in [2.24, 2.45) is 0 Å². The zero-order chi connectivity index (χ0) is 25.3. The number of amides is 1. The highest BCUT2D eigenvalue weighted by molar-refractivity contribution is 6.31. The van der Waals surface area contributed by atoms with E-state index in [9.17, 15) is 18.0 Å². The lowest BCUT2D eigenvalue weighted by Crippen LogP contribution is -2.36. The zero-order valence-electron chi connectivity index (χ0n) is 18.9. The highest BCUT2D eigenvalue weighted by Gasteiger charge is 2.47. The van der Waals surface area contributed by atoms with Crippen LogP contribution < -0.4 is 24.8 Å². The number of halogens is 4. The number of hydrogen-bond acceptors (Lipinski definition) is 6. The van der Waals surface area contributed by atoms with Gasteiger partial charge >= 0.3 is 6.18 Å². The number of ether oxygens (including phenoxy) is 3. The molecular formula is C23H22ClF3N4O4. The maximum Gasteiger partial charge on any atom is 0.410 e. The highest BCUT2D eigenvalue weighted by Crippen LogP contribution is 2.47. The second-order valence-electron chi connectivity index (χ2n) is 7.76. The number of benzene rings is 2. The first-order valence-corrected chi connectivity index (χ1v) is 10.8. The molecule has 12 heteroatoms. The Hall–Kier alpha value is -3.60. The second-order valence-corrected chi connectivity index (χ2v) is 8.20. The first-order valence-electron chi connectivity index (χ1n) is 10.4. The Bertz CT molecular complexity index is 1220. The van der Waals surface area contributed by atoms with E-state index < -0.39 is 24.2 Å². The third-order valence-corrected chi connectivity index (χ3v) is 5.89. The maximum atomic E-state index is 14.0. The summed E-state index contributed by atoms with van der Waals surface area (Å²) in [6.07, 6.45) is -3.87. The summed E-state index contributed by atoms with van der Waals surface area (Å²) < 4.78 is 58.9. The van der Waals surface area contributed by atoms with Crippen molar-refractivity contribution >= 4 is 29.0 Å². The molecular weight excluding hydrogens is 489 g/mol. The van der Waals surface area contributed by atoms with Gasteiger partial charge in [-0.05, 0) is 35.9 Å². The molecule has 0 aliphatic carbocycles. The first kappa shape index (κ1) is 24.5. The molecule has 0 saturated heterocycles. The van der Waals surface area contributed by atoms with Crippen molar-refractivity contribution in [1.82, 2.24) is 9.78 Å². The Morgan fingerprint density at radius 2 is 1.83 bits per heavy atom. The van der Waals surface area contributed by atoms with E-state index in [4.69, 9.17) is 25.8 Å². The van der Waals surface area contributed by atoms with E-state index >= 15 is 0 Å². The summed E-state index contributed by atoms with van der Waals surface area (Å²) in [5, 5.41) is 9.97. The molecule has 2 N–H and O–H groups in total. The number of carbonyl (C=O) groups is 1. The summed E-state index contributed by atoms with van der Waals surface area (Å²) in [4.78, 5) is 13.0. The predicted octanol–water partition coefficient (Wildman–Crippen LogP) is 5.47. The largest absolute Gasteiger partial charge is 0.493 e. The number of nitrogens with one attached hydrogen (secondary N) is 2. The molecule has 0 unspecified atom stereocenters. The van der Waals surface area contributed by atoms with Crippen molar-refractivity contribution in [2.45, 2.75) is 24.7 Å². The predicted molar refractivity (Wildman–Crippen MR) is 124 cm³/mol. The van der Waals surface area contributed by atoms with E-state index in [2.05, 4.69) is 15.7 Å². The number of methoxy groups -OCH3 is 3. The fourth-order valence-electron chi connectivity index (χ4n) is 4.01. The summed E-state index contributed by atoms with van der Waals surface area (Å²) >= 11 is 5.96. The van der Waals surface area contributed by atoms with Gasteiger partial charge < -0.3 is 24.8 Å². The molecule has 35 heavy (non-hydrogen) atoms. The molecule has 3 aromatic rings. The third-order valence-electron chi connectivity index (χ3n) is 5.65. The summed E-state index contributed by atoms with van der Waals surface area (Å²) in [5.74, 6) is 0.216. The van der Waals surface area contributed by atoms with Crippen LogP contribution >= 0.6 is 11.6 Å². The van der Waals surface area contributed by atoms with Gasteiger partial charge in [0.25, 0.3) is 5.91 Å². The molecule has 1 aliphatic heterocycles. The lowest BCUT2D eigenvalue weighted by atomic mass is 9.95. The van der Waals surface area contributed by atoms with Crippen molar-refractivity contribution in [3.05, 3.63) is 58.7 Å². The number of alkyl halides is 3. The van der Waals surface area contributed by atoms with E-state index in [0.717, 1.165) is 10.9 Å². The average Bonchev–Trinajstić information content (AvgIpc) is 3.25. The monoisotopic (exact) mass is 510 g/mol. The van der Waals surface area contributed by atoms with Crippen LogP contribution in [-0.2, 0) is 0 Å². The van der Waals surface area contributed by atoms with Crippen LogP contribution in [0.1, 0.15) is 34.4 Å². The molecule has 0 saturated carbocycles. The van der Waals surface area contributed by atoms with Gasteiger partial charge in [-0.2, -0.15) is 18.3 Å². The van der Waals surface area contributed by atoms with Crippen LogP contribution in [0.4, 0.5) is 24.7 Å². The average molecular weight is 511 g/mol. The molecule has 0 fully saturated rings. The van der Waals surface area contributed by atoms with Gasteiger partial charge in [-0.25, -0.2) is 4.68 Å². The standard InChI is InChI=1S/C23H22ClF3N4O4/c1-33-17-7-12(8-18(34-2)20(17)35-3)16-10-19(23(25,26)27)31-21(30-16)15(11-28-31)22(32)29-14-6-4-5-13(24)9-14/h4-9,11,16,19,30H,10H2,1-3H3,(H,29,32)/t16-,19-/m1/s1. The van der Waals surface area contributed by atoms with E-state index in [1.54, 1.807) is 30.3 Å². The Morgan fingerprint density at radius 3 is 2.40 bits per heavy atom. The molecule has 0 spiro atoms. The number of hydrogen-bond donors (Lipinski definition) is 2. The van der Waals surface area contributed by atoms with Gasteiger partial charge in [-0.3, -0.25) is 4.79 Å². The van der Waals surface area contributed by atoms with Gasteiger partial charge in [0.15, 0.2) is 17.5 Å². The van der Waals surface area contributed by atoms with Crippen LogP contribution in [0.25, 0.3) is 0 Å². The molecule has 2 atom stereocenters. The molecule has 8 nitrogen and oxygen atoms in total. The Morgan fingerprint density at radius 1 is 1.14 bits per heavy atom. The van der Waals surface area contributed by atoms with Gasteiger partial charge in [0.2, 0.25) is 5.75 Å². The Balaban J connectivity index is 1.74. The summed E-state index contributed by atoms with van der Waals surface area (Å²) in [6, 6.07) is 6.77. The molecule has 186 valence electrons. The van der Waals surface area contributed by atoms with Crippen molar-refractivity contribution in [1.29, 1.82) is 0 Å². The van der Waals surface area contributed by atoms with Crippen molar-refractivity contribution in [3.8, 4) is 17.2 Å². The van der Waals surface area contributed by atoms with Gasteiger partial charge in [-0.15, -0.1) is 0 Å². The lowest BCUT2D eigenvalue weighted by molar-refractivity contribution is -0.173. The number of aromatic nitrogens is 2. The summed E-state index contributed by atoms with van der Waals surface area (Å²) in [7, 11) is 4.27. The minimum absolute atomic E-state index is 0.0450. The van der Waals surface area contributed by atoms with Gasteiger partial charge in [0, 0.05) is 17.1 Å². The normalized spacial score (nSPS) is 17.2. The molecule has 4 rings (SSSR count). The quantitative estimate of drug-likeness (QED) is 0.457. The van der Waals surface area contributed by atoms with Crippen molar-refractivity contribution in [2.75, 3.05) is 32.0 Å². The Kier molecular flexibility index (Phi) is 6.70. The van der Waals surface area contributed by atoms with E-state index in [-0.39, 0.29) is 17.8 Å². The van der Waals surface area contributed by atoms with Crippen LogP contribution in [0.15, 0.2) is 42.6 Å². The third kappa shape index (κ3) is 4.81. The minimum atomic E-state index is -4.61. The second kappa shape index (κ2) is 9.57. The van der Waals surface area contributed by atoms with E-state index in [1.165, 1.54) is 27.4 Å². The fraction of sp³-hybridized carbons (Fsp3) is 0.304. The van der Waals surface area contributed by atoms with Crippen molar-refractivity contribution < 1.29 is 32.2 Å². The lowest BCUT2D eigenvalue weighted by Gasteiger charge is -2.34. The van der Waals surface area contributed by atoms with Crippen LogP contribution in [0.5, 0.6) is 17.2 Å². The maximum absolute atomic E-state index is 14.0. The smallest absolute Gasteiger partial charge is 0.410 e. The van der Waals surface area contributed by atoms with E-state index in [0.29, 0.717) is 33.5 Å². The highest BCUT2D eigenvalue weighted by atomic mass is 35.5. The minimum Gasteiger partial charge on any atom is -0.493 e. The molecule has 2 heterocycles. The summed E-state index contributed by atoms with van der Waals surface area (Å²) in [6.45, 7) is 0. The number of fused-ring (bicyclic) bond motifs is 1. The fourth-order valence-corrected chi connectivity index (χ4v) is 4.20. The van der Waals surface area contributed by atoms with Gasteiger partial charge in [0.1, 0.15) is 11.4 Å². The molecule has 2 aromatic carbocycles. The SMILES string of the molecule is COc1cc([C@H]2C[C@H](C(F)(F)F)n3ncc(C(=O)Nc4cccc(Cl)c4)c3N2)cc(OC)c1OC. The topological polar surface area (TPSA) is 86.6 Å². The van der Waals surface area contributed by atoms with Crippen molar-refractivity contribution in [3.63, 3.8) is 0 Å². The Labute approximate surface area is 203 Å². The number of carbonyl (C=O) groups excluding carboxylic acids is 1.